The molecule has 2 amide bonds. The molecule has 2 atom stereocenters. The Morgan fingerprint density at radius 3 is 2.65 bits per heavy atom. The minimum Gasteiger partial charge on any atom is -0.480 e. The maximum absolute atomic E-state index is 12.5. The quantitative estimate of drug-likeness (QED) is 0.202. The molecule has 1 aliphatic heterocycles. The van der Waals surface area contributed by atoms with Crippen molar-refractivity contribution in [2.75, 3.05) is 13.1 Å². The van der Waals surface area contributed by atoms with Gasteiger partial charge in [-0.05, 0) is 32.1 Å². The molecule has 0 unspecified atom stereocenters. The number of hydrogen-bond acceptors (Lipinski definition) is 4. The molecular formula is C17H31N5O4. The molecule has 9 heteroatoms. The van der Waals surface area contributed by atoms with Crippen molar-refractivity contribution in [1.29, 1.82) is 5.41 Å². The summed E-state index contributed by atoms with van der Waals surface area (Å²) in [7, 11) is 0. The lowest BCUT2D eigenvalue weighted by molar-refractivity contribution is -0.144. The summed E-state index contributed by atoms with van der Waals surface area (Å²) in [6.07, 6.45) is 5.21. The van der Waals surface area contributed by atoms with Gasteiger partial charge in [0.25, 0.3) is 0 Å². The first kappa shape index (κ1) is 21.7. The maximum Gasteiger partial charge on any atom is 0.326 e. The van der Waals surface area contributed by atoms with Crippen molar-refractivity contribution in [1.82, 2.24) is 15.5 Å². The fraction of sp³-hybridized carbons (Fsp3) is 0.765. The zero-order valence-electron chi connectivity index (χ0n) is 15.4. The lowest BCUT2D eigenvalue weighted by Crippen LogP contribution is -2.51. The van der Waals surface area contributed by atoms with Gasteiger partial charge in [0.05, 0.1) is 0 Å². The molecule has 1 fully saturated rings. The van der Waals surface area contributed by atoms with E-state index in [-0.39, 0.29) is 18.3 Å². The van der Waals surface area contributed by atoms with Gasteiger partial charge in [-0.1, -0.05) is 19.8 Å². The van der Waals surface area contributed by atoms with Crippen molar-refractivity contribution in [2.24, 2.45) is 5.73 Å². The predicted octanol–water partition coefficient (Wildman–Crippen LogP) is 0.390. The zero-order valence-corrected chi connectivity index (χ0v) is 15.4. The first-order chi connectivity index (χ1) is 12.4. The molecule has 0 radical (unpaired) electrons. The minimum absolute atomic E-state index is 0.0337. The van der Waals surface area contributed by atoms with Crippen LogP contribution in [0.15, 0.2) is 0 Å². The first-order valence-corrected chi connectivity index (χ1v) is 9.27. The average Bonchev–Trinajstić information content (AvgIpc) is 3.07. The second-order valence-electron chi connectivity index (χ2n) is 6.58. The number of amides is 2. The van der Waals surface area contributed by atoms with Crippen molar-refractivity contribution in [2.45, 2.75) is 70.4 Å². The SMILES string of the molecule is CCCCCC(=O)N1CCC[C@H]1C(=O)N[C@@H](CCCNC(=N)N)C(=O)O. The van der Waals surface area contributed by atoms with E-state index in [9.17, 15) is 19.5 Å². The number of carbonyl (C=O) groups is 3. The molecule has 1 aliphatic rings. The van der Waals surface area contributed by atoms with E-state index in [1.165, 1.54) is 0 Å². The lowest BCUT2D eigenvalue weighted by atomic mass is 10.1. The van der Waals surface area contributed by atoms with Gasteiger partial charge in [0.15, 0.2) is 5.96 Å². The van der Waals surface area contributed by atoms with E-state index in [0.29, 0.717) is 32.4 Å². The number of carboxylic acid groups (broad SMARTS) is 1. The Bertz CT molecular complexity index is 511. The monoisotopic (exact) mass is 369 g/mol. The van der Waals surface area contributed by atoms with Crippen LogP contribution in [-0.4, -0.2) is 58.9 Å². The van der Waals surface area contributed by atoms with Crippen molar-refractivity contribution < 1.29 is 19.5 Å². The normalized spacial score (nSPS) is 17.6. The number of nitrogens with zero attached hydrogens (tertiary/aromatic N) is 1. The number of likely N-dealkylation sites (tertiary alicyclic amines) is 1. The smallest absolute Gasteiger partial charge is 0.326 e. The minimum atomic E-state index is -1.11. The summed E-state index contributed by atoms with van der Waals surface area (Å²) in [5, 5.41) is 21.5. The summed E-state index contributed by atoms with van der Waals surface area (Å²) in [6, 6.07) is -1.60. The molecule has 6 N–H and O–H groups in total. The van der Waals surface area contributed by atoms with Crippen LogP contribution >= 0.6 is 0 Å². The van der Waals surface area contributed by atoms with Gasteiger partial charge >= 0.3 is 5.97 Å². The van der Waals surface area contributed by atoms with E-state index in [1.54, 1.807) is 4.90 Å². The molecule has 1 saturated heterocycles. The Morgan fingerprint density at radius 1 is 1.31 bits per heavy atom. The molecule has 0 aromatic carbocycles. The van der Waals surface area contributed by atoms with Gasteiger partial charge in [0, 0.05) is 19.5 Å². The summed E-state index contributed by atoms with van der Waals surface area (Å²) in [4.78, 5) is 37.8. The standard InChI is InChI=1S/C17H31N5O4/c1-2-3-4-9-14(23)22-11-6-8-13(22)15(24)21-12(16(25)26)7-5-10-20-17(18)19/h12-13H,2-11H2,1H3,(H,21,24)(H,25,26)(H4,18,19,20)/t12-,13-/m0/s1. The number of nitrogens with one attached hydrogen (secondary N) is 3. The highest BCUT2D eigenvalue weighted by Crippen LogP contribution is 2.20. The van der Waals surface area contributed by atoms with Crippen LogP contribution in [0.1, 0.15) is 58.3 Å². The summed E-state index contributed by atoms with van der Waals surface area (Å²) >= 11 is 0. The van der Waals surface area contributed by atoms with E-state index in [4.69, 9.17) is 11.1 Å². The fourth-order valence-corrected chi connectivity index (χ4v) is 3.06. The number of nitrogens with two attached hydrogens (primary N) is 1. The molecule has 0 aromatic rings. The molecule has 148 valence electrons. The first-order valence-electron chi connectivity index (χ1n) is 9.27. The third kappa shape index (κ3) is 7.28. The summed E-state index contributed by atoms with van der Waals surface area (Å²) in [5.74, 6) is -1.73. The highest BCUT2D eigenvalue weighted by Gasteiger charge is 2.35. The van der Waals surface area contributed by atoms with E-state index in [0.717, 1.165) is 25.7 Å². The van der Waals surface area contributed by atoms with Crippen LogP contribution in [0.3, 0.4) is 0 Å². The van der Waals surface area contributed by atoms with Gasteiger partial charge < -0.3 is 26.4 Å². The van der Waals surface area contributed by atoms with Crippen LogP contribution in [0.2, 0.25) is 0 Å². The predicted molar refractivity (Wildman–Crippen MR) is 97.6 cm³/mol. The highest BCUT2D eigenvalue weighted by atomic mass is 16.4. The number of guanidine groups is 1. The van der Waals surface area contributed by atoms with Crippen molar-refractivity contribution in [3.8, 4) is 0 Å². The Balaban J connectivity index is 2.54. The average molecular weight is 369 g/mol. The van der Waals surface area contributed by atoms with Gasteiger partial charge in [0.1, 0.15) is 12.1 Å². The van der Waals surface area contributed by atoms with E-state index in [2.05, 4.69) is 17.6 Å². The Hall–Kier alpha value is -2.32. The van der Waals surface area contributed by atoms with Gasteiger partial charge in [-0.3, -0.25) is 15.0 Å². The molecule has 0 saturated carbocycles. The molecule has 1 rings (SSSR count). The van der Waals surface area contributed by atoms with Crippen LogP contribution in [0.5, 0.6) is 0 Å². The van der Waals surface area contributed by atoms with Crippen molar-refractivity contribution in [3.63, 3.8) is 0 Å². The number of aliphatic carboxylic acids is 1. The lowest BCUT2D eigenvalue weighted by Gasteiger charge is -2.25. The number of hydrogen-bond donors (Lipinski definition) is 5. The molecule has 0 aliphatic carbocycles. The van der Waals surface area contributed by atoms with E-state index < -0.39 is 24.0 Å². The van der Waals surface area contributed by atoms with Crippen LogP contribution in [0.4, 0.5) is 0 Å². The van der Waals surface area contributed by atoms with Crippen molar-refractivity contribution in [3.05, 3.63) is 0 Å². The molecule has 1 heterocycles. The summed E-state index contributed by atoms with van der Waals surface area (Å²) in [5.41, 5.74) is 5.17. The third-order valence-corrected chi connectivity index (χ3v) is 4.47. The van der Waals surface area contributed by atoms with Crippen LogP contribution in [-0.2, 0) is 14.4 Å². The van der Waals surface area contributed by atoms with Crippen LogP contribution < -0.4 is 16.4 Å². The number of carbonyl (C=O) groups excluding carboxylic acids is 2. The zero-order chi connectivity index (χ0) is 19.5. The van der Waals surface area contributed by atoms with Crippen molar-refractivity contribution >= 4 is 23.7 Å². The second kappa shape index (κ2) is 11.3. The summed E-state index contributed by atoms with van der Waals surface area (Å²) < 4.78 is 0. The fourth-order valence-electron chi connectivity index (χ4n) is 3.06. The van der Waals surface area contributed by atoms with Crippen LogP contribution in [0, 0.1) is 5.41 Å². The number of carboxylic acids is 1. The molecule has 0 bridgehead atoms. The summed E-state index contributed by atoms with van der Waals surface area (Å²) in [6.45, 7) is 2.97. The number of rotatable bonds is 11. The van der Waals surface area contributed by atoms with E-state index in [1.807, 2.05) is 0 Å². The van der Waals surface area contributed by atoms with Gasteiger partial charge in [-0.25, -0.2) is 4.79 Å². The van der Waals surface area contributed by atoms with Gasteiger partial charge in [-0.2, -0.15) is 0 Å². The maximum atomic E-state index is 12.5. The van der Waals surface area contributed by atoms with Gasteiger partial charge in [-0.15, -0.1) is 0 Å². The third-order valence-electron chi connectivity index (χ3n) is 4.47. The van der Waals surface area contributed by atoms with Crippen LogP contribution in [0.25, 0.3) is 0 Å². The topological polar surface area (TPSA) is 149 Å². The molecule has 0 spiro atoms. The van der Waals surface area contributed by atoms with Gasteiger partial charge in [0.2, 0.25) is 11.8 Å². The Morgan fingerprint density at radius 2 is 2.04 bits per heavy atom. The second-order valence-corrected chi connectivity index (χ2v) is 6.58. The molecule has 0 aromatic heterocycles. The molecular weight excluding hydrogens is 338 g/mol. The molecule has 26 heavy (non-hydrogen) atoms. The highest BCUT2D eigenvalue weighted by molar-refractivity contribution is 5.90. The Kier molecular flexibility index (Phi) is 9.46. The number of unbranched alkanes of at least 4 members (excludes halogenated alkanes) is 2. The van der Waals surface area contributed by atoms with E-state index >= 15 is 0 Å². The largest absolute Gasteiger partial charge is 0.480 e. The molecule has 9 nitrogen and oxygen atoms in total. The Labute approximate surface area is 154 Å².